The lowest BCUT2D eigenvalue weighted by Crippen LogP contribution is -2.36. The molecule has 0 atom stereocenters. The van der Waals surface area contributed by atoms with Crippen molar-refractivity contribution in [3.8, 4) is 11.5 Å². The fourth-order valence-corrected chi connectivity index (χ4v) is 6.64. The summed E-state index contributed by atoms with van der Waals surface area (Å²) in [6.45, 7) is 15.4. The fourth-order valence-electron chi connectivity index (χ4n) is 6.64. The topological polar surface area (TPSA) is 64.5 Å². The SMILES string of the molecule is CC(C)(C)C1CCC(NCc2ccc3c(CNC4CCC(C(C)(C)C)CC4)c(O)ccc3c2O)CC1. The van der Waals surface area contributed by atoms with Gasteiger partial charge in [-0.15, -0.1) is 0 Å². The van der Waals surface area contributed by atoms with E-state index in [1.165, 1.54) is 51.4 Å². The minimum Gasteiger partial charge on any atom is -0.508 e. The van der Waals surface area contributed by atoms with Crippen LogP contribution in [0.25, 0.3) is 10.8 Å². The largest absolute Gasteiger partial charge is 0.508 e. The van der Waals surface area contributed by atoms with Gasteiger partial charge in [0, 0.05) is 41.7 Å². The van der Waals surface area contributed by atoms with Gasteiger partial charge in [0.1, 0.15) is 11.5 Å². The molecule has 4 rings (SSSR count). The first-order valence-corrected chi connectivity index (χ1v) is 14.4. The Morgan fingerprint density at radius 1 is 0.639 bits per heavy atom. The van der Waals surface area contributed by atoms with Crippen LogP contribution in [0.15, 0.2) is 24.3 Å². The maximum absolute atomic E-state index is 11.1. The zero-order chi connectivity index (χ0) is 26.1. The van der Waals surface area contributed by atoms with Gasteiger partial charge in [0.15, 0.2) is 0 Å². The predicted molar refractivity (Wildman–Crippen MR) is 151 cm³/mol. The van der Waals surface area contributed by atoms with Crippen LogP contribution in [0.2, 0.25) is 0 Å². The molecule has 4 nitrogen and oxygen atoms in total. The second kappa shape index (κ2) is 10.9. The molecule has 0 unspecified atom stereocenters. The second-order valence-electron chi connectivity index (χ2n) is 13.8. The molecule has 4 heteroatoms. The van der Waals surface area contributed by atoms with Gasteiger partial charge in [0.25, 0.3) is 0 Å². The summed E-state index contributed by atoms with van der Waals surface area (Å²) in [6, 6.07) is 8.71. The van der Waals surface area contributed by atoms with Crippen molar-refractivity contribution in [3.05, 3.63) is 35.4 Å². The van der Waals surface area contributed by atoms with Crippen LogP contribution < -0.4 is 10.6 Å². The summed E-state index contributed by atoms with van der Waals surface area (Å²) in [7, 11) is 0. The number of rotatable bonds is 6. The maximum atomic E-state index is 11.1. The Bertz CT molecular complexity index is 1020. The van der Waals surface area contributed by atoms with Gasteiger partial charge in [-0.05, 0) is 91.6 Å². The van der Waals surface area contributed by atoms with Crippen LogP contribution in [0.3, 0.4) is 0 Å². The molecule has 2 aromatic rings. The molecule has 0 spiro atoms. The predicted octanol–water partition coefficient (Wildman–Crippen LogP) is 7.64. The van der Waals surface area contributed by atoms with E-state index < -0.39 is 0 Å². The van der Waals surface area contributed by atoms with Crippen LogP contribution in [0.5, 0.6) is 11.5 Å². The first kappa shape index (κ1) is 27.3. The Morgan fingerprint density at radius 2 is 1.11 bits per heavy atom. The van der Waals surface area contributed by atoms with Crippen molar-refractivity contribution in [2.24, 2.45) is 22.7 Å². The summed E-state index contributed by atoms with van der Waals surface area (Å²) in [4.78, 5) is 0. The molecule has 2 saturated carbocycles. The Labute approximate surface area is 219 Å². The van der Waals surface area contributed by atoms with Crippen molar-refractivity contribution >= 4 is 10.8 Å². The van der Waals surface area contributed by atoms with Gasteiger partial charge in [-0.1, -0.05) is 53.7 Å². The van der Waals surface area contributed by atoms with Gasteiger partial charge in [0.2, 0.25) is 0 Å². The average Bonchev–Trinajstić information content (AvgIpc) is 2.82. The quantitative estimate of drug-likeness (QED) is 0.333. The molecule has 2 fully saturated rings. The normalized spacial score (nSPS) is 25.8. The lowest BCUT2D eigenvalue weighted by atomic mass is 9.71. The van der Waals surface area contributed by atoms with E-state index in [4.69, 9.17) is 0 Å². The number of hydrogen-bond acceptors (Lipinski definition) is 4. The second-order valence-corrected chi connectivity index (χ2v) is 13.8. The third-order valence-electron chi connectivity index (χ3n) is 9.40. The smallest absolute Gasteiger partial charge is 0.127 e. The van der Waals surface area contributed by atoms with E-state index >= 15 is 0 Å². The summed E-state index contributed by atoms with van der Waals surface area (Å²) in [5.41, 5.74) is 2.60. The standard InChI is InChI=1S/C32H50N2O2/c1-31(2,3)22-8-12-24(13-9-22)33-19-21-7-16-26-27(30(21)36)17-18-29(35)28(26)20-34-25-14-10-23(11-15-25)32(4,5)6/h7,16-18,22-25,33-36H,8-15,19-20H2,1-6H3. The minimum absolute atomic E-state index is 0.305. The van der Waals surface area contributed by atoms with E-state index in [2.05, 4.69) is 58.2 Å². The van der Waals surface area contributed by atoms with Crippen LogP contribution in [-0.4, -0.2) is 22.3 Å². The van der Waals surface area contributed by atoms with E-state index in [0.29, 0.717) is 47.5 Å². The molecule has 200 valence electrons. The van der Waals surface area contributed by atoms with Crippen molar-refractivity contribution < 1.29 is 10.2 Å². The first-order valence-electron chi connectivity index (χ1n) is 14.4. The fraction of sp³-hybridized carbons (Fsp3) is 0.688. The summed E-state index contributed by atoms with van der Waals surface area (Å²) >= 11 is 0. The van der Waals surface area contributed by atoms with Gasteiger partial charge in [-0.25, -0.2) is 0 Å². The van der Waals surface area contributed by atoms with E-state index in [9.17, 15) is 10.2 Å². The van der Waals surface area contributed by atoms with E-state index in [1.54, 1.807) is 6.07 Å². The molecular weight excluding hydrogens is 444 g/mol. The highest BCUT2D eigenvalue weighted by Crippen LogP contribution is 2.40. The van der Waals surface area contributed by atoms with Crippen LogP contribution in [0, 0.1) is 22.7 Å². The molecule has 0 bridgehead atoms. The molecule has 4 N–H and O–H groups in total. The summed E-state index contributed by atoms with van der Waals surface area (Å²) in [6.07, 6.45) is 9.86. The monoisotopic (exact) mass is 494 g/mol. The molecule has 0 amide bonds. The third kappa shape index (κ3) is 6.37. The van der Waals surface area contributed by atoms with Crippen LogP contribution in [-0.2, 0) is 13.1 Å². The van der Waals surface area contributed by atoms with Gasteiger partial charge in [-0.2, -0.15) is 0 Å². The van der Waals surface area contributed by atoms with Crippen molar-refractivity contribution in [2.45, 2.75) is 118 Å². The lowest BCUT2D eigenvalue weighted by molar-refractivity contribution is 0.159. The van der Waals surface area contributed by atoms with Gasteiger partial charge >= 0.3 is 0 Å². The van der Waals surface area contributed by atoms with Gasteiger partial charge in [0.05, 0.1) is 0 Å². The molecule has 2 aliphatic carbocycles. The molecule has 0 aromatic heterocycles. The Balaban J connectivity index is 1.38. The molecule has 36 heavy (non-hydrogen) atoms. The number of nitrogens with one attached hydrogen (secondary N) is 2. The number of phenolic OH excluding ortho intramolecular Hbond substituents is 2. The first-order chi connectivity index (χ1) is 16.9. The van der Waals surface area contributed by atoms with Crippen molar-refractivity contribution in [1.29, 1.82) is 0 Å². The van der Waals surface area contributed by atoms with Crippen molar-refractivity contribution in [2.75, 3.05) is 0 Å². The van der Waals surface area contributed by atoms with E-state index in [1.807, 2.05) is 12.1 Å². The third-order valence-corrected chi connectivity index (χ3v) is 9.40. The number of aromatic hydroxyl groups is 2. The average molecular weight is 495 g/mol. The molecule has 2 aromatic carbocycles. The zero-order valence-electron chi connectivity index (χ0n) is 23.6. The Hall–Kier alpha value is -1.78. The number of phenols is 2. The van der Waals surface area contributed by atoms with Crippen molar-refractivity contribution in [1.82, 2.24) is 10.6 Å². The molecule has 0 aliphatic heterocycles. The van der Waals surface area contributed by atoms with Crippen LogP contribution in [0.1, 0.15) is 104 Å². The molecule has 0 saturated heterocycles. The highest BCUT2D eigenvalue weighted by Gasteiger charge is 2.30. The highest BCUT2D eigenvalue weighted by molar-refractivity contribution is 5.93. The van der Waals surface area contributed by atoms with Crippen molar-refractivity contribution in [3.63, 3.8) is 0 Å². The minimum atomic E-state index is 0.305. The van der Waals surface area contributed by atoms with Crippen LogP contribution >= 0.6 is 0 Å². The van der Waals surface area contributed by atoms with Crippen LogP contribution in [0.4, 0.5) is 0 Å². The number of benzene rings is 2. The maximum Gasteiger partial charge on any atom is 0.127 e. The zero-order valence-corrected chi connectivity index (χ0v) is 23.6. The lowest BCUT2D eigenvalue weighted by Gasteiger charge is -2.37. The molecule has 2 aliphatic rings. The summed E-state index contributed by atoms with van der Waals surface area (Å²) in [5.74, 6) is 2.24. The number of hydrogen-bond donors (Lipinski definition) is 4. The summed E-state index contributed by atoms with van der Waals surface area (Å²) < 4.78 is 0. The molecular formula is C32H50N2O2. The Kier molecular flexibility index (Phi) is 8.26. The van der Waals surface area contributed by atoms with E-state index in [-0.39, 0.29) is 0 Å². The molecule has 0 radical (unpaired) electrons. The summed E-state index contributed by atoms with van der Waals surface area (Å²) in [5, 5.41) is 31.0. The number of fused-ring (bicyclic) bond motifs is 1. The van der Waals surface area contributed by atoms with Gasteiger partial charge in [-0.3, -0.25) is 0 Å². The van der Waals surface area contributed by atoms with Gasteiger partial charge < -0.3 is 20.8 Å². The molecule has 0 heterocycles. The highest BCUT2D eigenvalue weighted by atomic mass is 16.3. The Morgan fingerprint density at radius 3 is 1.61 bits per heavy atom. The van der Waals surface area contributed by atoms with E-state index in [0.717, 1.165) is 33.7 Å².